The predicted molar refractivity (Wildman–Crippen MR) is 79.6 cm³/mol. The molecule has 6 heteroatoms. The van der Waals surface area contributed by atoms with Gasteiger partial charge in [-0.05, 0) is 30.5 Å². The zero-order valence-electron chi connectivity index (χ0n) is 11.4. The van der Waals surface area contributed by atoms with E-state index in [0.29, 0.717) is 29.9 Å². The second-order valence-electron chi connectivity index (χ2n) is 5.07. The lowest BCUT2D eigenvalue weighted by molar-refractivity contribution is -0.146. The van der Waals surface area contributed by atoms with Gasteiger partial charge in [0, 0.05) is 11.8 Å². The van der Waals surface area contributed by atoms with Crippen molar-refractivity contribution in [3.8, 4) is 6.07 Å². The van der Waals surface area contributed by atoms with Crippen LogP contribution in [0.3, 0.4) is 0 Å². The molecule has 2 N–H and O–H groups in total. The minimum absolute atomic E-state index is 0.00844. The standard InChI is InChI=1S/C15H16N2O3S/c16-7-10-1-3-11(4-2-10)8-21-9-14(18)17-13-5-12(6-13)15(19)20/h1-4,12-13H,5-6,8-9H2,(H,17,18)(H,19,20). The van der Waals surface area contributed by atoms with Gasteiger partial charge in [0.15, 0.2) is 0 Å². The minimum atomic E-state index is -0.782. The van der Waals surface area contributed by atoms with Crippen molar-refractivity contribution >= 4 is 23.6 Å². The Labute approximate surface area is 127 Å². The smallest absolute Gasteiger partial charge is 0.306 e. The molecule has 0 atom stereocenters. The van der Waals surface area contributed by atoms with Gasteiger partial charge in [0.2, 0.25) is 5.91 Å². The van der Waals surface area contributed by atoms with Crippen molar-refractivity contribution in [2.75, 3.05) is 5.75 Å². The van der Waals surface area contributed by atoms with E-state index in [9.17, 15) is 9.59 Å². The summed E-state index contributed by atoms with van der Waals surface area (Å²) in [5, 5.41) is 20.3. The molecule has 1 amide bonds. The molecule has 1 fully saturated rings. The molecule has 0 heterocycles. The number of carbonyl (C=O) groups excluding carboxylic acids is 1. The van der Waals surface area contributed by atoms with Gasteiger partial charge in [0.05, 0.1) is 23.3 Å². The summed E-state index contributed by atoms with van der Waals surface area (Å²) in [4.78, 5) is 22.3. The number of nitriles is 1. The number of aliphatic carboxylic acids is 1. The van der Waals surface area contributed by atoms with Crippen LogP contribution in [0.5, 0.6) is 0 Å². The van der Waals surface area contributed by atoms with E-state index in [1.807, 2.05) is 12.1 Å². The number of carboxylic acids is 1. The van der Waals surface area contributed by atoms with Gasteiger partial charge in [0.1, 0.15) is 0 Å². The van der Waals surface area contributed by atoms with Crippen LogP contribution in [0.1, 0.15) is 24.0 Å². The molecular weight excluding hydrogens is 288 g/mol. The van der Waals surface area contributed by atoms with Gasteiger partial charge >= 0.3 is 5.97 Å². The van der Waals surface area contributed by atoms with Gasteiger partial charge in [0.25, 0.3) is 0 Å². The Balaban J connectivity index is 1.63. The van der Waals surface area contributed by atoms with E-state index < -0.39 is 5.97 Å². The van der Waals surface area contributed by atoms with Gasteiger partial charge in [-0.3, -0.25) is 9.59 Å². The highest BCUT2D eigenvalue weighted by atomic mass is 32.2. The summed E-state index contributed by atoms with van der Waals surface area (Å²) >= 11 is 1.50. The Kier molecular flexibility index (Phi) is 5.23. The molecule has 1 aromatic rings. The number of nitrogens with zero attached hydrogens (tertiary/aromatic N) is 1. The van der Waals surface area contributed by atoms with Crippen molar-refractivity contribution in [3.63, 3.8) is 0 Å². The number of benzene rings is 1. The summed E-state index contributed by atoms with van der Waals surface area (Å²) in [5.74, 6) is -0.0738. The van der Waals surface area contributed by atoms with Gasteiger partial charge < -0.3 is 10.4 Å². The molecular formula is C15H16N2O3S. The van der Waals surface area contributed by atoms with E-state index in [-0.39, 0.29) is 17.9 Å². The average Bonchev–Trinajstić information content (AvgIpc) is 2.42. The Morgan fingerprint density at radius 2 is 2.00 bits per heavy atom. The van der Waals surface area contributed by atoms with Crippen molar-refractivity contribution in [3.05, 3.63) is 35.4 Å². The fraction of sp³-hybridized carbons (Fsp3) is 0.400. The molecule has 1 aliphatic carbocycles. The minimum Gasteiger partial charge on any atom is -0.481 e. The van der Waals surface area contributed by atoms with Gasteiger partial charge in [-0.15, -0.1) is 11.8 Å². The number of amides is 1. The van der Waals surface area contributed by atoms with Gasteiger partial charge in [-0.2, -0.15) is 5.26 Å². The average molecular weight is 304 g/mol. The van der Waals surface area contributed by atoms with Crippen LogP contribution in [-0.2, 0) is 15.3 Å². The Hall–Kier alpha value is -2.00. The second kappa shape index (κ2) is 7.14. The van der Waals surface area contributed by atoms with Crippen LogP contribution in [0, 0.1) is 17.2 Å². The number of carboxylic acid groups (broad SMARTS) is 1. The molecule has 0 aromatic heterocycles. The fourth-order valence-corrected chi connectivity index (χ4v) is 2.94. The molecule has 2 rings (SSSR count). The van der Waals surface area contributed by atoms with Crippen LogP contribution in [0.25, 0.3) is 0 Å². The fourth-order valence-electron chi connectivity index (χ4n) is 2.14. The molecule has 110 valence electrons. The lowest BCUT2D eigenvalue weighted by Crippen LogP contribution is -2.47. The monoisotopic (exact) mass is 304 g/mol. The quantitative estimate of drug-likeness (QED) is 0.836. The Morgan fingerprint density at radius 3 is 2.57 bits per heavy atom. The second-order valence-corrected chi connectivity index (χ2v) is 6.06. The van der Waals surface area contributed by atoms with E-state index >= 15 is 0 Å². The van der Waals surface area contributed by atoms with E-state index in [0.717, 1.165) is 5.56 Å². The molecule has 5 nitrogen and oxygen atoms in total. The molecule has 0 saturated heterocycles. The molecule has 1 aromatic carbocycles. The molecule has 0 unspecified atom stereocenters. The SMILES string of the molecule is N#Cc1ccc(CSCC(=O)NC2CC(C(=O)O)C2)cc1. The number of thioether (sulfide) groups is 1. The maximum atomic E-state index is 11.7. The van der Waals surface area contributed by atoms with Crippen LogP contribution in [0.15, 0.2) is 24.3 Å². The summed E-state index contributed by atoms with van der Waals surface area (Å²) in [6, 6.07) is 9.35. The maximum absolute atomic E-state index is 11.7. The third-order valence-electron chi connectivity index (χ3n) is 3.44. The number of rotatable bonds is 6. The Morgan fingerprint density at radius 1 is 1.33 bits per heavy atom. The highest BCUT2D eigenvalue weighted by Gasteiger charge is 2.35. The van der Waals surface area contributed by atoms with E-state index in [1.54, 1.807) is 12.1 Å². The molecule has 0 aliphatic heterocycles. The lowest BCUT2D eigenvalue weighted by atomic mass is 9.80. The van der Waals surface area contributed by atoms with Crippen molar-refractivity contribution < 1.29 is 14.7 Å². The number of hydrogen-bond acceptors (Lipinski definition) is 4. The Bertz CT molecular complexity index is 559. The first-order valence-corrected chi connectivity index (χ1v) is 7.83. The van der Waals surface area contributed by atoms with Crippen molar-refractivity contribution in [2.24, 2.45) is 5.92 Å². The third kappa shape index (κ3) is 4.50. The number of hydrogen-bond donors (Lipinski definition) is 2. The molecule has 1 aliphatic rings. The van der Waals surface area contributed by atoms with Gasteiger partial charge in [-0.1, -0.05) is 12.1 Å². The molecule has 0 radical (unpaired) electrons. The number of nitrogens with one attached hydrogen (secondary N) is 1. The van der Waals surface area contributed by atoms with Crippen LogP contribution in [0.2, 0.25) is 0 Å². The summed E-state index contributed by atoms with van der Waals surface area (Å²) in [5.41, 5.74) is 1.70. The van der Waals surface area contributed by atoms with Crippen molar-refractivity contribution in [2.45, 2.75) is 24.6 Å². The summed E-state index contributed by atoms with van der Waals surface area (Å²) in [6.45, 7) is 0. The lowest BCUT2D eigenvalue weighted by Gasteiger charge is -2.32. The molecule has 1 saturated carbocycles. The first-order valence-electron chi connectivity index (χ1n) is 6.67. The highest BCUT2D eigenvalue weighted by Crippen LogP contribution is 2.27. The molecule has 0 bridgehead atoms. The van der Waals surface area contributed by atoms with Gasteiger partial charge in [-0.25, -0.2) is 0 Å². The first-order chi connectivity index (χ1) is 10.1. The van der Waals surface area contributed by atoms with Crippen LogP contribution < -0.4 is 5.32 Å². The maximum Gasteiger partial charge on any atom is 0.306 e. The zero-order valence-corrected chi connectivity index (χ0v) is 12.2. The van der Waals surface area contributed by atoms with E-state index in [2.05, 4.69) is 11.4 Å². The highest BCUT2D eigenvalue weighted by molar-refractivity contribution is 7.99. The number of carbonyl (C=O) groups is 2. The summed E-state index contributed by atoms with van der Waals surface area (Å²) in [6.07, 6.45) is 1.06. The molecule has 0 spiro atoms. The summed E-state index contributed by atoms with van der Waals surface area (Å²) in [7, 11) is 0. The van der Waals surface area contributed by atoms with E-state index in [4.69, 9.17) is 10.4 Å². The van der Waals surface area contributed by atoms with Crippen molar-refractivity contribution in [1.29, 1.82) is 5.26 Å². The first kappa shape index (κ1) is 15.4. The van der Waals surface area contributed by atoms with Crippen LogP contribution in [-0.4, -0.2) is 28.8 Å². The largest absolute Gasteiger partial charge is 0.481 e. The van der Waals surface area contributed by atoms with Crippen molar-refractivity contribution in [1.82, 2.24) is 5.32 Å². The third-order valence-corrected chi connectivity index (χ3v) is 4.44. The van der Waals surface area contributed by atoms with Crippen LogP contribution in [0.4, 0.5) is 0 Å². The van der Waals surface area contributed by atoms with E-state index in [1.165, 1.54) is 11.8 Å². The topological polar surface area (TPSA) is 90.2 Å². The summed E-state index contributed by atoms with van der Waals surface area (Å²) < 4.78 is 0. The normalized spacial score (nSPS) is 20.1. The molecule has 21 heavy (non-hydrogen) atoms. The zero-order chi connectivity index (χ0) is 15.2. The van der Waals surface area contributed by atoms with Crippen LogP contribution >= 0.6 is 11.8 Å². The predicted octanol–water partition coefficient (Wildman–Crippen LogP) is 1.77.